The zero-order valence-corrected chi connectivity index (χ0v) is 21.2. The minimum Gasteiger partial charge on any atom is -0.457 e. The fraction of sp³-hybridized carbons (Fsp3) is 0.538. The first-order valence-electron chi connectivity index (χ1n) is 11.4. The van der Waals surface area contributed by atoms with Crippen molar-refractivity contribution in [1.82, 2.24) is 0 Å². The number of allylic oxidation sites excluding steroid dienone is 2. The van der Waals surface area contributed by atoms with Gasteiger partial charge in [-0.15, -0.1) is 11.3 Å². The van der Waals surface area contributed by atoms with E-state index in [0.717, 1.165) is 10.5 Å². The number of carbonyl (C=O) groups excluding carboxylic acids is 2. The van der Waals surface area contributed by atoms with Crippen molar-refractivity contribution in [3.63, 3.8) is 0 Å². The summed E-state index contributed by atoms with van der Waals surface area (Å²) in [5.41, 5.74) is -1.82. The molecule has 0 bridgehead atoms. The van der Waals surface area contributed by atoms with E-state index in [-0.39, 0.29) is 25.2 Å². The topological polar surface area (TPSA) is 113 Å². The van der Waals surface area contributed by atoms with E-state index in [1.165, 1.54) is 18.3 Å². The Bertz CT molecular complexity index is 912. The molecule has 2 rings (SSSR count). The van der Waals surface area contributed by atoms with Crippen molar-refractivity contribution >= 4 is 23.3 Å². The van der Waals surface area contributed by atoms with Gasteiger partial charge in [-0.25, -0.2) is 0 Å². The molecule has 0 aliphatic carbocycles. The fourth-order valence-electron chi connectivity index (χ4n) is 3.76. The van der Waals surface area contributed by atoms with E-state index in [1.807, 2.05) is 31.4 Å². The number of rotatable bonds is 5. The second-order valence-electron chi connectivity index (χ2n) is 9.33. The van der Waals surface area contributed by atoms with Crippen LogP contribution in [-0.4, -0.2) is 51.2 Å². The summed E-state index contributed by atoms with van der Waals surface area (Å²) < 4.78 is 11.0. The molecule has 7 nitrogen and oxygen atoms in total. The summed E-state index contributed by atoms with van der Waals surface area (Å²) in [6.07, 6.45) is 6.00. The highest BCUT2D eigenvalue weighted by atomic mass is 32.1. The van der Waals surface area contributed by atoms with E-state index in [2.05, 4.69) is 0 Å². The smallest absolute Gasteiger partial charge is 0.309 e. The molecule has 1 unspecified atom stereocenters. The lowest BCUT2D eigenvalue weighted by Gasteiger charge is -2.32. The van der Waals surface area contributed by atoms with Gasteiger partial charge in [-0.3, -0.25) is 9.59 Å². The quantitative estimate of drug-likeness (QED) is 0.326. The van der Waals surface area contributed by atoms with Gasteiger partial charge in [0.15, 0.2) is 0 Å². The molecule has 1 aromatic rings. The lowest BCUT2D eigenvalue weighted by Crippen LogP contribution is -2.42. The number of aliphatic hydroxyl groups excluding tert-OH is 1. The van der Waals surface area contributed by atoms with Crippen LogP contribution < -0.4 is 0 Å². The number of carbonyl (C=O) groups is 2. The first kappa shape index (κ1) is 28.0. The van der Waals surface area contributed by atoms with Crippen LogP contribution >= 0.6 is 11.3 Å². The minimum absolute atomic E-state index is 0.134. The van der Waals surface area contributed by atoms with Gasteiger partial charge in [-0.2, -0.15) is 0 Å². The van der Waals surface area contributed by atoms with Crippen molar-refractivity contribution in [3.8, 4) is 0 Å². The van der Waals surface area contributed by atoms with Crippen molar-refractivity contribution < 1.29 is 34.4 Å². The Morgan fingerprint density at radius 1 is 1.35 bits per heavy atom. The molecule has 0 saturated heterocycles. The highest BCUT2D eigenvalue weighted by Crippen LogP contribution is 2.28. The highest BCUT2D eigenvalue weighted by Gasteiger charge is 2.35. The van der Waals surface area contributed by atoms with Gasteiger partial charge in [0.05, 0.1) is 12.5 Å². The zero-order chi connectivity index (χ0) is 25.5. The molecule has 3 N–H and O–H groups in total. The Morgan fingerprint density at radius 2 is 2.06 bits per heavy atom. The number of ether oxygens (including phenoxy) is 2. The maximum atomic E-state index is 12.5. The van der Waals surface area contributed by atoms with Crippen molar-refractivity contribution in [3.05, 3.63) is 58.3 Å². The molecule has 34 heavy (non-hydrogen) atoms. The molecule has 0 radical (unpaired) electrons. The van der Waals surface area contributed by atoms with Crippen LogP contribution in [0.3, 0.4) is 0 Å². The number of esters is 2. The number of hydrogen-bond acceptors (Lipinski definition) is 8. The van der Waals surface area contributed by atoms with Gasteiger partial charge >= 0.3 is 11.9 Å². The van der Waals surface area contributed by atoms with Gasteiger partial charge in [0, 0.05) is 17.7 Å². The first-order valence-corrected chi connectivity index (χ1v) is 12.3. The maximum absolute atomic E-state index is 12.5. The van der Waals surface area contributed by atoms with Gasteiger partial charge in [0.25, 0.3) is 0 Å². The van der Waals surface area contributed by atoms with E-state index < -0.39 is 41.5 Å². The summed E-state index contributed by atoms with van der Waals surface area (Å²) in [5, 5.41) is 33.7. The number of hydrogen-bond donors (Lipinski definition) is 3. The second-order valence-corrected chi connectivity index (χ2v) is 10.3. The average Bonchev–Trinajstić information content (AvgIpc) is 3.28. The molecule has 1 aromatic heterocycles. The van der Waals surface area contributed by atoms with E-state index in [0.29, 0.717) is 0 Å². The number of aliphatic hydroxyl groups is 3. The van der Waals surface area contributed by atoms with E-state index in [4.69, 9.17) is 9.47 Å². The number of cyclic esters (lactones) is 1. The predicted molar refractivity (Wildman–Crippen MR) is 131 cm³/mol. The third-order valence-corrected chi connectivity index (χ3v) is 6.96. The third kappa shape index (κ3) is 8.20. The summed E-state index contributed by atoms with van der Waals surface area (Å²) in [5.74, 6) is -1.40. The normalized spacial score (nSPS) is 32.2. The molecular formula is C26H36O7S. The molecule has 0 amide bonds. The molecular weight excluding hydrogens is 456 g/mol. The van der Waals surface area contributed by atoms with Crippen LogP contribution in [0.25, 0.3) is 0 Å². The molecule has 0 spiro atoms. The fourth-order valence-corrected chi connectivity index (χ4v) is 4.53. The zero-order valence-electron chi connectivity index (χ0n) is 20.4. The van der Waals surface area contributed by atoms with Crippen molar-refractivity contribution in [1.29, 1.82) is 0 Å². The van der Waals surface area contributed by atoms with Crippen LogP contribution in [0.5, 0.6) is 0 Å². The summed E-state index contributed by atoms with van der Waals surface area (Å²) >= 11 is 1.45. The van der Waals surface area contributed by atoms with Crippen LogP contribution in [0.2, 0.25) is 0 Å². The average molecular weight is 493 g/mol. The highest BCUT2D eigenvalue weighted by molar-refractivity contribution is 7.10. The summed E-state index contributed by atoms with van der Waals surface area (Å²) in [6.45, 7) is 8.17. The minimum atomic E-state index is -1.41. The Labute approximate surface area is 205 Å². The Hall–Kier alpha value is -2.26. The Morgan fingerprint density at radius 3 is 2.68 bits per heavy atom. The SMILES string of the molecule is CC(=O)O[C@@H]1/C=C\[C@H](C)[C@@H](/C(C)=C/C=C/C(C)(O)c2cccs2)OC(=O)C[C@H](O)CC[C@@]1(C)O. The van der Waals surface area contributed by atoms with Crippen LogP contribution in [0.15, 0.2) is 53.5 Å². The molecule has 0 saturated carbocycles. The molecule has 1 aliphatic heterocycles. The van der Waals surface area contributed by atoms with E-state index >= 15 is 0 Å². The van der Waals surface area contributed by atoms with Crippen LogP contribution in [0.1, 0.15) is 58.8 Å². The van der Waals surface area contributed by atoms with Crippen LogP contribution in [0.4, 0.5) is 0 Å². The van der Waals surface area contributed by atoms with E-state index in [9.17, 15) is 24.9 Å². The lowest BCUT2D eigenvalue weighted by molar-refractivity contribution is -0.157. The standard InChI is InChI=1S/C26H36O7S/c1-17(8-6-13-26(5,31)22-9-7-15-34-22)24-18(2)10-11-21(32-19(3)27)25(4,30)14-12-20(28)16-23(29)33-24/h6-11,13,15,18,20-21,24,28,30-31H,12,14,16H2,1-5H3/b11-10-,13-6+,17-8+/t18-,20+,21+,24+,25+,26?/m0/s1. The van der Waals surface area contributed by atoms with Crippen LogP contribution in [0, 0.1) is 5.92 Å². The lowest BCUT2D eigenvalue weighted by atomic mass is 9.88. The van der Waals surface area contributed by atoms with Crippen molar-refractivity contribution in [2.24, 2.45) is 5.92 Å². The molecule has 1 aliphatic rings. The predicted octanol–water partition coefficient (Wildman–Crippen LogP) is 3.79. The summed E-state index contributed by atoms with van der Waals surface area (Å²) in [4.78, 5) is 24.9. The monoisotopic (exact) mass is 492 g/mol. The number of thiophene rings is 1. The molecule has 6 atom stereocenters. The third-order valence-electron chi connectivity index (χ3n) is 5.87. The molecule has 188 valence electrons. The van der Waals surface area contributed by atoms with Crippen molar-refractivity contribution in [2.75, 3.05) is 0 Å². The molecule has 8 heteroatoms. The van der Waals surface area contributed by atoms with Crippen molar-refractivity contribution in [2.45, 2.75) is 83.4 Å². The first-order chi connectivity index (χ1) is 15.8. The van der Waals surface area contributed by atoms with Gasteiger partial charge in [-0.1, -0.05) is 31.2 Å². The Kier molecular flexibility index (Phi) is 9.82. The largest absolute Gasteiger partial charge is 0.457 e. The summed E-state index contributed by atoms with van der Waals surface area (Å²) in [7, 11) is 0. The molecule has 2 heterocycles. The van der Waals surface area contributed by atoms with Gasteiger partial charge in [0.2, 0.25) is 0 Å². The van der Waals surface area contributed by atoms with Gasteiger partial charge in [-0.05, 0) is 62.8 Å². The molecule has 0 fully saturated rings. The Balaban J connectivity index is 2.32. The summed E-state index contributed by atoms with van der Waals surface area (Å²) in [6, 6.07) is 3.73. The van der Waals surface area contributed by atoms with Gasteiger partial charge < -0.3 is 24.8 Å². The van der Waals surface area contributed by atoms with Gasteiger partial charge in [0.1, 0.15) is 23.4 Å². The van der Waals surface area contributed by atoms with Crippen LogP contribution in [-0.2, 0) is 24.7 Å². The van der Waals surface area contributed by atoms with E-state index in [1.54, 1.807) is 44.2 Å². The second kappa shape index (κ2) is 11.9. The molecule has 0 aromatic carbocycles. The maximum Gasteiger partial charge on any atom is 0.309 e.